The van der Waals surface area contributed by atoms with Gasteiger partial charge in [-0.25, -0.2) is 0 Å². The number of carboxylic acids is 1. The number of hydrogen-bond acceptors (Lipinski definition) is 1. The lowest BCUT2D eigenvalue weighted by atomic mass is 9.41. The van der Waals surface area contributed by atoms with Crippen LogP contribution in [0.25, 0.3) is 0 Å². The van der Waals surface area contributed by atoms with Gasteiger partial charge in [-0.05, 0) is 86.9 Å². The molecule has 2 heteroatoms. The molecule has 1 N–H and O–H groups in total. The number of allylic oxidation sites excluding steroid dienone is 1. The van der Waals surface area contributed by atoms with Gasteiger partial charge in [-0.3, -0.25) is 4.79 Å². The van der Waals surface area contributed by atoms with E-state index >= 15 is 0 Å². The monoisotopic (exact) mass is 302 g/mol. The van der Waals surface area contributed by atoms with E-state index in [9.17, 15) is 9.90 Å². The van der Waals surface area contributed by atoms with E-state index in [1.165, 1.54) is 44.1 Å². The van der Waals surface area contributed by atoms with Crippen molar-refractivity contribution in [3.05, 3.63) is 12.2 Å². The van der Waals surface area contributed by atoms with Crippen molar-refractivity contribution in [3.63, 3.8) is 0 Å². The van der Waals surface area contributed by atoms with Gasteiger partial charge >= 0.3 is 5.97 Å². The van der Waals surface area contributed by atoms with Crippen LogP contribution in [0.15, 0.2) is 12.2 Å². The third kappa shape index (κ3) is 1.65. The summed E-state index contributed by atoms with van der Waals surface area (Å²) in [6, 6.07) is 0. The van der Waals surface area contributed by atoms with Crippen LogP contribution in [-0.2, 0) is 4.79 Å². The van der Waals surface area contributed by atoms with Crippen molar-refractivity contribution >= 4 is 5.97 Å². The van der Waals surface area contributed by atoms with E-state index in [1.54, 1.807) is 0 Å². The molecule has 0 aromatic rings. The Morgan fingerprint density at radius 3 is 2.64 bits per heavy atom. The van der Waals surface area contributed by atoms with Gasteiger partial charge in [0.2, 0.25) is 0 Å². The highest BCUT2D eigenvalue weighted by atomic mass is 16.4. The van der Waals surface area contributed by atoms with Crippen LogP contribution in [0, 0.1) is 34.0 Å². The molecule has 1 spiro atoms. The minimum Gasteiger partial charge on any atom is -0.481 e. The van der Waals surface area contributed by atoms with E-state index in [1.807, 2.05) is 6.92 Å². The van der Waals surface area contributed by atoms with Gasteiger partial charge in [0, 0.05) is 0 Å². The van der Waals surface area contributed by atoms with Crippen molar-refractivity contribution in [1.29, 1.82) is 0 Å². The van der Waals surface area contributed by atoms with E-state index in [-0.39, 0.29) is 5.41 Å². The lowest BCUT2D eigenvalue weighted by Gasteiger charge is -2.63. The molecule has 22 heavy (non-hydrogen) atoms. The molecule has 4 aliphatic carbocycles. The molecule has 0 aromatic carbocycles. The normalized spacial score (nSPS) is 53.7. The lowest BCUT2D eigenvalue weighted by Crippen LogP contribution is -2.58. The Kier molecular flexibility index (Phi) is 2.95. The fourth-order valence-corrected chi connectivity index (χ4v) is 7.61. The van der Waals surface area contributed by atoms with Crippen molar-refractivity contribution in [1.82, 2.24) is 0 Å². The second-order valence-electron chi connectivity index (χ2n) is 9.40. The van der Waals surface area contributed by atoms with Crippen LogP contribution in [0.3, 0.4) is 0 Å². The van der Waals surface area contributed by atoms with Crippen LogP contribution in [0.4, 0.5) is 0 Å². The molecule has 0 saturated heterocycles. The first-order chi connectivity index (χ1) is 10.3. The topological polar surface area (TPSA) is 37.3 Å². The second kappa shape index (κ2) is 4.39. The predicted octanol–water partition coefficient (Wildman–Crippen LogP) is 5.04. The fourth-order valence-electron chi connectivity index (χ4n) is 7.61. The summed E-state index contributed by atoms with van der Waals surface area (Å²) in [5.41, 5.74) is 1.71. The number of aliphatic carboxylic acids is 1. The first kappa shape index (κ1) is 14.8. The van der Waals surface area contributed by atoms with Crippen molar-refractivity contribution in [2.75, 3.05) is 0 Å². The summed E-state index contributed by atoms with van der Waals surface area (Å²) in [7, 11) is 0. The Labute approximate surface area is 134 Å². The summed E-state index contributed by atoms with van der Waals surface area (Å²) in [4.78, 5) is 12.0. The van der Waals surface area contributed by atoms with Crippen molar-refractivity contribution < 1.29 is 9.90 Å². The van der Waals surface area contributed by atoms with E-state index in [0.717, 1.165) is 31.1 Å². The second-order valence-corrected chi connectivity index (χ2v) is 9.40. The molecule has 122 valence electrons. The van der Waals surface area contributed by atoms with Crippen molar-refractivity contribution in [2.45, 2.75) is 71.6 Å². The maximum atomic E-state index is 12.0. The van der Waals surface area contributed by atoms with Crippen LogP contribution in [0.2, 0.25) is 0 Å². The van der Waals surface area contributed by atoms with Gasteiger partial charge in [0.1, 0.15) is 0 Å². The maximum Gasteiger partial charge on any atom is 0.309 e. The first-order valence-corrected chi connectivity index (χ1v) is 9.23. The van der Waals surface area contributed by atoms with Gasteiger partial charge in [-0.2, -0.15) is 0 Å². The van der Waals surface area contributed by atoms with Gasteiger partial charge in [0.05, 0.1) is 5.41 Å². The summed E-state index contributed by atoms with van der Waals surface area (Å²) in [5, 5.41) is 9.90. The predicted molar refractivity (Wildman–Crippen MR) is 87.4 cm³/mol. The fraction of sp³-hybridized carbons (Fsp3) is 0.850. The molecule has 4 rings (SSSR count). The molecular weight excluding hydrogens is 272 g/mol. The zero-order valence-corrected chi connectivity index (χ0v) is 14.2. The van der Waals surface area contributed by atoms with Gasteiger partial charge in [-0.1, -0.05) is 25.5 Å². The number of hydrogen-bond donors (Lipinski definition) is 1. The molecule has 4 fully saturated rings. The molecule has 0 amide bonds. The highest BCUT2D eigenvalue weighted by Crippen LogP contribution is 2.72. The van der Waals surface area contributed by atoms with Crippen molar-refractivity contribution in [3.8, 4) is 0 Å². The number of fused-ring (bicyclic) bond motifs is 3. The van der Waals surface area contributed by atoms with Crippen LogP contribution < -0.4 is 0 Å². The molecular formula is C20H30O2. The van der Waals surface area contributed by atoms with Gasteiger partial charge < -0.3 is 5.11 Å². The molecule has 0 radical (unpaired) electrons. The summed E-state index contributed by atoms with van der Waals surface area (Å²) in [6.07, 6.45) is 10.8. The summed E-state index contributed by atoms with van der Waals surface area (Å²) in [5.74, 6) is 1.32. The van der Waals surface area contributed by atoms with Gasteiger partial charge in [0.25, 0.3) is 0 Å². The largest absolute Gasteiger partial charge is 0.481 e. The SMILES string of the molecule is C=C1C[C@]23CC[C@H]4[C@](C)(CCC[C@@]4(C)C(=O)O)[C@H]2CC[C@H]1C3. The molecule has 2 nitrogen and oxygen atoms in total. The number of rotatable bonds is 1. The van der Waals surface area contributed by atoms with Gasteiger partial charge in [0.15, 0.2) is 0 Å². The highest BCUT2D eigenvalue weighted by Gasteiger charge is 2.64. The Hall–Kier alpha value is -0.790. The zero-order chi connectivity index (χ0) is 15.8. The molecule has 0 unspecified atom stereocenters. The molecule has 2 bridgehead atoms. The number of carboxylic acid groups (broad SMARTS) is 1. The molecule has 4 saturated carbocycles. The average Bonchev–Trinajstić information content (AvgIpc) is 2.68. The van der Waals surface area contributed by atoms with E-state index < -0.39 is 11.4 Å². The Bertz CT molecular complexity index is 538. The number of carbonyl (C=O) groups is 1. The minimum absolute atomic E-state index is 0.235. The quantitative estimate of drug-likeness (QED) is 0.689. The highest BCUT2D eigenvalue weighted by molar-refractivity contribution is 5.75. The molecule has 4 aliphatic rings. The molecule has 6 atom stereocenters. The summed E-state index contributed by atoms with van der Waals surface area (Å²) < 4.78 is 0. The molecule has 0 heterocycles. The standard InChI is InChI=1S/C20H30O2/c1-13-11-20-10-7-15-18(2,16(20)6-5-14(13)12-20)8-4-9-19(15,3)17(21)22/h14-16H,1,4-12H2,2-3H3,(H,21,22)/t14-,15-,16+,18-,19+,20-/m0/s1. The van der Waals surface area contributed by atoms with Crippen LogP contribution in [0.5, 0.6) is 0 Å². The van der Waals surface area contributed by atoms with Crippen LogP contribution in [0.1, 0.15) is 71.6 Å². The van der Waals surface area contributed by atoms with E-state index in [2.05, 4.69) is 13.5 Å². The summed E-state index contributed by atoms with van der Waals surface area (Å²) in [6.45, 7) is 8.86. The zero-order valence-electron chi connectivity index (χ0n) is 14.2. The van der Waals surface area contributed by atoms with Crippen molar-refractivity contribution in [2.24, 2.45) is 34.0 Å². The van der Waals surface area contributed by atoms with Crippen LogP contribution >= 0.6 is 0 Å². The molecule has 0 aromatic heterocycles. The van der Waals surface area contributed by atoms with Crippen LogP contribution in [-0.4, -0.2) is 11.1 Å². The first-order valence-electron chi connectivity index (χ1n) is 9.23. The third-order valence-electron chi connectivity index (χ3n) is 8.54. The average molecular weight is 302 g/mol. The molecule has 0 aliphatic heterocycles. The van der Waals surface area contributed by atoms with E-state index in [4.69, 9.17) is 0 Å². The third-order valence-corrected chi connectivity index (χ3v) is 8.54. The Morgan fingerprint density at radius 2 is 1.91 bits per heavy atom. The maximum absolute atomic E-state index is 12.0. The smallest absolute Gasteiger partial charge is 0.309 e. The minimum atomic E-state index is -0.552. The van der Waals surface area contributed by atoms with E-state index in [0.29, 0.717) is 11.3 Å². The summed E-state index contributed by atoms with van der Waals surface area (Å²) >= 11 is 0. The Balaban J connectivity index is 1.75. The van der Waals surface area contributed by atoms with Gasteiger partial charge in [-0.15, -0.1) is 0 Å². The lowest BCUT2D eigenvalue weighted by molar-refractivity contribution is -0.181. The Morgan fingerprint density at radius 1 is 1.14 bits per heavy atom.